The Hall–Kier alpha value is -5.42. The second-order valence-electron chi connectivity index (χ2n) is 10.6. The lowest BCUT2D eigenvalue weighted by Gasteiger charge is -2.15. The minimum absolute atomic E-state index is 0.403. The summed E-state index contributed by atoms with van der Waals surface area (Å²) >= 11 is 1.72. The maximum Gasteiger partial charge on any atom is 0.344 e. The molecule has 0 spiro atoms. The molecule has 0 saturated carbocycles. The Morgan fingerprint density at radius 3 is 1.63 bits per heavy atom. The van der Waals surface area contributed by atoms with Crippen molar-refractivity contribution in [2.45, 2.75) is 31.3 Å². The van der Waals surface area contributed by atoms with Crippen LogP contribution in [0.2, 0.25) is 0 Å². The maximum absolute atomic E-state index is 11.4. The fourth-order valence-corrected chi connectivity index (χ4v) is 5.59. The highest BCUT2D eigenvalue weighted by Crippen LogP contribution is 2.29. The summed E-state index contributed by atoms with van der Waals surface area (Å²) in [5.41, 5.74) is 8.14. The molecule has 1 N–H and O–H groups in total. The molecule has 1 atom stereocenters. The SMILES string of the molecule is CCC(Oc1ccc(SCC=C(c2ccc(C#Cc3ccccc3)cc2)c2ccc(C#Cc3ccccc3)cc2)cc1C)C(=O)O. The van der Waals surface area contributed by atoms with Crippen LogP contribution < -0.4 is 4.74 Å². The number of carboxylic acid groups (broad SMARTS) is 1. The number of thioether (sulfide) groups is 1. The third-order valence-electron chi connectivity index (χ3n) is 7.24. The van der Waals surface area contributed by atoms with Gasteiger partial charge in [-0.1, -0.05) is 97.3 Å². The minimum Gasteiger partial charge on any atom is -0.479 e. The van der Waals surface area contributed by atoms with Crippen molar-refractivity contribution in [3.63, 3.8) is 0 Å². The predicted octanol–water partition coefficient (Wildman–Crippen LogP) is 9.26. The molecule has 0 aliphatic carbocycles. The van der Waals surface area contributed by atoms with E-state index in [0.29, 0.717) is 12.2 Å². The van der Waals surface area contributed by atoms with E-state index in [1.807, 2.05) is 85.8 Å². The molecule has 0 aliphatic heterocycles. The second-order valence-corrected chi connectivity index (χ2v) is 11.7. The van der Waals surface area contributed by atoms with Gasteiger partial charge in [0.25, 0.3) is 0 Å². The molecule has 3 nitrogen and oxygen atoms in total. The number of benzene rings is 5. The molecule has 0 bridgehead atoms. The number of ether oxygens (including phenoxy) is 1. The number of aliphatic carboxylic acids is 1. The summed E-state index contributed by atoms with van der Waals surface area (Å²) in [4.78, 5) is 12.5. The van der Waals surface area contributed by atoms with E-state index in [-0.39, 0.29) is 0 Å². The number of rotatable bonds is 9. The maximum atomic E-state index is 11.4. The van der Waals surface area contributed by atoms with Crippen LogP contribution in [-0.4, -0.2) is 22.9 Å². The van der Waals surface area contributed by atoms with Gasteiger partial charge in [0, 0.05) is 32.9 Å². The molecule has 0 aromatic heterocycles. The van der Waals surface area contributed by atoms with Gasteiger partial charge >= 0.3 is 5.97 Å². The zero-order valence-electron chi connectivity index (χ0n) is 25.9. The van der Waals surface area contributed by atoms with E-state index in [1.54, 1.807) is 18.7 Å². The standard InChI is InChI=1S/C42H34O3S/c1-3-40(42(43)44)45-41-27-26-38(30-31(41)2)46-29-28-39(36-22-18-34(19-23-36)16-14-32-10-6-4-7-11-32)37-24-20-35(21-25-37)17-15-33-12-8-5-9-13-33/h4-13,18-28,30,40H,3,29H2,1-2H3,(H,43,44). The number of carboxylic acids is 1. The van der Waals surface area contributed by atoms with Gasteiger partial charge in [-0.3, -0.25) is 0 Å². The molecule has 0 aliphatic rings. The lowest BCUT2D eigenvalue weighted by atomic mass is 9.96. The zero-order chi connectivity index (χ0) is 32.1. The van der Waals surface area contributed by atoms with Crippen molar-refractivity contribution in [3.05, 3.63) is 172 Å². The van der Waals surface area contributed by atoms with Crippen LogP contribution in [-0.2, 0) is 4.79 Å². The van der Waals surface area contributed by atoms with E-state index in [0.717, 1.165) is 55.2 Å². The van der Waals surface area contributed by atoms with E-state index in [9.17, 15) is 9.90 Å². The normalized spacial score (nSPS) is 10.8. The molecule has 4 heteroatoms. The lowest BCUT2D eigenvalue weighted by molar-refractivity contribution is -0.145. The first kappa shape index (κ1) is 32.0. The largest absolute Gasteiger partial charge is 0.479 e. The minimum atomic E-state index is -0.953. The topological polar surface area (TPSA) is 46.5 Å². The first-order chi connectivity index (χ1) is 22.5. The van der Waals surface area contributed by atoms with Crippen molar-refractivity contribution in [2.75, 3.05) is 5.75 Å². The predicted molar refractivity (Wildman–Crippen MR) is 189 cm³/mol. The highest BCUT2D eigenvalue weighted by molar-refractivity contribution is 7.99. The van der Waals surface area contributed by atoms with E-state index in [4.69, 9.17) is 4.74 Å². The zero-order valence-corrected chi connectivity index (χ0v) is 26.7. The molecule has 46 heavy (non-hydrogen) atoms. The van der Waals surface area contributed by atoms with Crippen LogP contribution in [0.1, 0.15) is 52.3 Å². The van der Waals surface area contributed by atoms with Gasteiger partial charge in [-0.05, 0) is 102 Å². The first-order valence-corrected chi connectivity index (χ1v) is 16.1. The van der Waals surface area contributed by atoms with E-state index >= 15 is 0 Å². The fraction of sp³-hybridized carbons (Fsp3) is 0.119. The molecule has 226 valence electrons. The van der Waals surface area contributed by atoms with E-state index in [2.05, 4.69) is 78.3 Å². The molecular weight excluding hydrogens is 585 g/mol. The molecule has 0 amide bonds. The summed E-state index contributed by atoms with van der Waals surface area (Å²) in [7, 11) is 0. The summed E-state index contributed by atoms with van der Waals surface area (Å²) in [6, 6.07) is 42.6. The van der Waals surface area contributed by atoms with Gasteiger partial charge < -0.3 is 9.84 Å². The molecule has 0 heterocycles. The number of aryl methyl sites for hydroxylation is 1. The van der Waals surface area contributed by atoms with E-state index in [1.165, 1.54) is 0 Å². The average molecular weight is 619 g/mol. The van der Waals surface area contributed by atoms with Crippen LogP contribution in [0.4, 0.5) is 0 Å². The van der Waals surface area contributed by atoms with Gasteiger partial charge in [0.15, 0.2) is 6.10 Å². The van der Waals surface area contributed by atoms with Gasteiger partial charge in [0.2, 0.25) is 0 Å². The van der Waals surface area contributed by atoms with Crippen LogP contribution in [0.3, 0.4) is 0 Å². The number of carbonyl (C=O) groups is 1. The van der Waals surface area contributed by atoms with Crippen molar-refractivity contribution in [3.8, 4) is 29.4 Å². The molecule has 5 aromatic carbocycles. The molecular formula is C42H34O3S. The monoisotopic (exact) mass is 618 g/mol. The van der Waals surface area contributed by atoms with Crippen LogP contribution >= 0.6 is 11.8 Å². The molecule has 1 unspecified atom stereocenters. The molecule has 0 radical (unpaired) electrons. The highest BCUT2D eigenvalue weighted by atomic mass is 32.2. The molecule has 0 saturated heterocycles. The fourth-order valence-electron chi connectivity index (χ4n) is 4.73. The van der Waals surface area contributed by atoms with Crippen LogP contribution in [0, 0.1) is 30.6 Å². The van der Waals surface area contributed by atoms with Gasteiger partial charge in [-0.2, -0.15) is 0 Å². The second kappa shape index (κ2) is 16.1. The van der Waals surface area contributed by atoms with E-state index < -0.39 is 12.1 Å². The Morgan fingerprint density at radius 1 is 0.717 bits per heavy atom. The Bertz CT molecular complexity index is 1820. The van der Waals surface area contributed by atoms with Crippen molar-refractivity contribution >= 4 is 23.3 Å². The Kier molecular flexibility index (Phi) is 11.2. The van der Waals surface area contributed by atoms with Crippen LogP contribution in [0.25, 0.3) is 5.57 Å². The Labute approximate surface area is 276 Å². The van der Waals surface area contributed by atoms with Gasteiger partial charge in [0.1, 0.15) is 5.75 Å². The highest BCUT2D eigenvalue weighted by Gasteiger charge is 2.17. The summed E-state index contributed by atoms with van der Waals surface area (Å²) in [6.45, 7) is 3.75. The van der Waals surface area contributed by atoms with Crippen molar-refractivity contribution < 1.29 is 14.6 Å². The smallest absolute Gasteiger partial charge is 0.344 e. The first-order valence-electron chi connectivity index (χ1n) is 15.2. The van der Waals surface area contributed by atoms with Gasteiger partial charge in [-0.15, -0.1) is 11.8 Å². The van der Waals surface area contributed by atoms with Crippen molar-refractivity contribution in [1.29, 1.82) is 0 Å². The quantitative estimate of drug-likeness (QED) is 0.132. The summed E-state index contributed by atoms with van der Waals surface area (Å²) in [5, 5.41) is 9.37. The van der Waals surface area contributed by atoms with Gasteiger partial charge in [0.05, 0.1) is 0 Å². The van der Waals surface area contributed by atoms with Crippen molar-refractivity contribution in [1.82, 2.24) is 0 Å². The van der Waals surface area contributed by atoms with Crippen LogP contribution in [0.5, 0.6) is 5.75 Å². The van der Waals surface area contributed by atoms with Crippen LogP contribution in [0.15, 0.2) is 138 Å². The summed E-state index contributed by atoms with van der Waals surface area (Å²) < 4.78 is 5.73. The lowest BCUT2D eigenvalue weighted by Crippen LogP contribution is -2.26. The number of hydrogen-bond donors (Lipinski definition) is 1. The molecule has 5 rings (SSSR count). The Morgan fingerprint density at radius 2 is 1.20 bits per heavy atom. The van der Waals surface area contributed by atoms with Gasteiger partial charge in [-0.25, -0.2) is 4.79 Å². The van der Waals surface area contributed by atoms with Crippen molar-refractivity contribution in [2.24, 2.45) is 0 Å². The summed E-state index contributed by atoms with van der Waals surface area (Å²) in [6.07, 6.45) is 1.80. The third-order valence-corrected chi connectivity index (χ3v) is 8.16. The number of hydrogen-bond acceptors (Lipinski definition) is 3. The average Bonchev–Trinajstić information content (AvgIpc) is 3.09. The summed E-state index contributed by atoms with van der Waals surface area (Å²) in [5.74, 6) is 13.4. The third kappa shape index (κ3) is 9.05. The Balaban J connectivity index is 1.37. The molecule has 0 fully saturated rings. The molecule has 5 aromatic rings.